The maximum Gasteiger partial charge on any atom is 0.292 e. The topological polar surface area (TPSA) is 102 Å². The summed E-state index contributed by atoms with van der Waals surface area (Å²) in [5, 5.41) is 13.9. The fourth-order valence-electron chi connectivity index (χ4n) is 2.15. The molecule has 0 saturated carbocycles. The van der Waals surface area contributed by atoms with E-state index in [1.807, 2.05) is 0 Å². The van der Waals surface area contributed by atoms with E-state index < -0.39 is 16.9 Å². The Balaban J connectivity index is 2.28. The lowest BCUT2D eigenvalue weighted by Crippen LogP contribution is -2.48. The number of benzene rings is 1. The minimum absolute atomic E-state index is 0.150. The minimum Gasteiger partial charge on any atom is -0.497 e. The zero-order chi connectivity index (χ0) is 15.6. The van der Waals surface area contributed by atoms with Crippen molar-refractivity contribution in [3.63, 3.8) is 0 Å². The standard InChI is InChI=1S/C13H15N3O5/c1-15-12(17)6-4-9(13(15)18)14-10-7-8(21-2)3-5-11(10)16(19)20/h3,5,7,9,14H,4,6H2,1-2H3. The third kappa shape index (κ3) is 2.93. The number of piperidine rings is 1. The Morgan fingerprint density at radius 1 is 1.43 bits per heavy atom. The van der Waals surface area contributed by atoms with Gasteiger partial charge < -0.3 is 10.1 Å². The zero-order valence-corrected chi connectivity index (χ0v) is 11.7. The summed E-state index contributed by atoms with van der Waals surface area (Å²) in [4.78, 5) is 35.0. The van der Waals surface area contributed by atoms with Gasteiger partial charge in [0.25, 0.3) is 11.6 Å². The van der Waals surface area contributed by atoms with Gasteiger partial charge in [-0.15, -0.1) is 0 Å². The molecule has 1 atom stereocenters. The number of imide groups is 1. The summed E-state index contributed by atoms with van der Waals surface area (Å²) in [6.45, 7) is 0. The molecule has 0 spiro atoms. The number of likely N-dealkylation sites (N-methyl/N-ethyl adjacent to an activating group) is 1. The molecule has 1 heterocycles. The molecule has 21 heavy (non-hydrogen) atoms. The van der Waals surface area contributed by atoms with Gasteiger partial charge in [0.1, 0.15) is 17.5 Å². The number of carbonyl (C=O) groups excluding carboxylic acids is 2. The van der Waals surface area contributed by atoms with Gasteiger partial charge in [-0.1, -0.05) is 0 Å². The molecule has 1 saturated heterocycles. The van der Waals surface area contributed by atoms with Gasteiger partial charge in [0.05, 0.1) is 12.0 Å². The number of hydrogen-bond donors (Lipinski definition) is 1. The molecular weight excluding hydrogens is 278 g/mol. The molecule has 1 aliphatic rings. The molecule has 1 unspecified atom stereocenters. The van der Waals surface area contributed by atoms with Gasteiger partial charge in [-0.25, -0.2) is 0 Å². The van der Waals surface area contributed by atoms with Crippen LogP contribution in [0.2, 0.25) is 0 Å². The Morgan fingerprint density at radius 3 is 2.76 bits per heavy atom. The molecule has 0 aromatic heterocycles. The molecule has 1 N–H and O–H groups in total. The number of carbonyl (C=O) groups is 2. The Morgan fingerprint density at radius 2 is 2.14 bits per heavy atom. The van der Waals surface area contributed by atoms with E-state index in [9.17, 15) is 19.7 Å². The van der Waals surface area contributed by atoms with Crippen molar-refractivity contribution in [3.8, 4) is 5.75 Å². The Hall–Kier alpha value is -2.64. The molecule has 112 valence electrons. The highest BCUT2D eigenvalue weighted by Gasteiger charge is 2.32. The molecule has 0 bridgehead atoms. The number of hydrogen-bond acceptors (Lipinski definition) is 6. The molecule has 0 aliphatic carbocycles. The lowest BCUT2D eigenvalue weighted by Gasteiger charge is -2.28. The maximum absolute atomic E-state index is 12.0. The minimum atomic E-state index is -0.668. The summed E-state index contributed by atoms with van der Waals surface area (Å²) in [6, 6.07) is 3.57. The molecule has 8 nitrogen and oxygen atoms in total. The third-order valence-corrected chi connectivity index (χ3v) is 3.38. The second-order valence-corrected chi connectivity index (χ2v) is 4.67. The van der Waals surface area contributed by atoms with E-state index in [1.165, 1.54) is 32.4 Å². The van der Waals surface area contributed by atoms with Gasteiger partial charge in [0, 0.05) is 25.6 Å². The quantitative estimate of drug-likeness (QED) is 0.508. The summed E-state index contributed by atoms with van der Waals surface area (Å²) in [5.41, 5.74) is 0.0450. The highest BCUT2D eigenvalue weighted by atomic mass is 16.6. The molecule has 1 fully saturated rings. The second-order valence-electron chi connectivity index (χ2n) is 4.67. The molecule has 1 aromatic rings. The molecule has 8 heteroatoms. The summed E-state index contributed by atoms with van der Waals surface area (Å²) in [6.07, 6.45) is 0.522. The number of amides is 2. The predicted molar refractivity (Wildman–Crippen MR) is 74.1 cm³/mol. The lowest BCUT2D eigenvalue weighted by atomic mass is 10.0. The van der Waals surface area contributed by atoms with Gasteiger partial charge >= 0.3 is 0 Å². The summed E-state index contributed by atoms with van der Waals surface area (Å²) in [7, 11) is 2.85. The van der Waals surface area contributed by atoms with Crippen LogP contribution in [-0.4, -0.2) is 41.8 Å². The number of rotatable bonds is 4. The molecular formula is C13H15N3O5. The highest BCUT2D eigenvalue weighted by Crippen LogP contribution is 2.30. The van der Waals surface area contributed by atoms with Crippen LogP contribution >= 0.6 is 0 Å². The average molecular weight is 293 g/mol. The number of nitrogens with one attached hydrogen (secondary N) is 1. The van der Waals surface area contributed by atoms with E-state index in [0.717, 1.165) is 4.90 Å². The zero-order valence-electron chi connectivity index (χ0n) is 11.7. The van der Waals surface area contributed by atoms with E-state index in [4.69, 9.17) is 4.74 Å². The average Bonchev–Trinajstić information content (AvgIpc) is 2.47. The Kier molecular flexibility index (Phi) is 4.06. The third-order valence-electron chi connectivity index (χ3n) is 3.38. The smallest absolute Gasteiger partial charge is 0.292 e. The van der Waals surface area contributed by atoms with Crippen LogP contribution in [0.1, 0.15) is 12.8 Å². The van der Waals surface area contributed by atoms with Crippen LogP contribution in [0.4, 0.5) is 11.4 Å². The summed E-state index contributed by atoms with van der Waals surface area (Å²) < 4.78 is 5.03. The fraction of sp³-hybridized carbons (Fsp3) is 0.385. The number of nitro groups is 1. The number of ether oxygens (including phenoxy) is 1. The van der Waals surface area contributed by atoms with Crippen molar-refractivity contribution in [3.05, 3.63) is 28.3 Å². The van der Waals surface area contributed by atoms with Crippen molar-refractivity contribution in [1.29, 1.82) is 0 Å². The van der Waals surface area contributed by atoms with E-state index in [0.29, 0.717) is 12.2 Å². The number of nitrogens with zero attached hydrogens (tertiary/aromatic N) is 2. The van der Waals surface area contributed by atoms with Crippen molar-refractivity contribution in [2.24, 2.45) is 0 Å². The van der Waals surface area contributed by atoms with Crippen LogP contribution in [0.5, 0.6) is 5.75 Å². The second kappa shape index (κ2) is 5.78. The first-order chi connectivity index (χ1) is 9.93. The first kappa shape index (κ1) is 14.8. The van der Waals surface area contributed by atoms with Crippen molar-refractivity contribution >= 4 is 23.2 Å². The van der Waals surface area contributed by atoms with Gasteiger partial charge in [0.15, 0.2) is 0 Å². The van der Waals surface area contributed by atoms with Crippen molar-refractivity contribution in [2.75, 3.05) is 19.5 Å². The van der Waals surface area contributed by atoms with E-state index in [2.05, 4.69) is 5.32 Å². The SMILES string of the molecule is COc1ccc([N+](=O)[O-])c(NC2CCC(=O)N(C)C2=O)c1. The van der Waals surface area contributed by atoms with Crippen LogP contribution < -0.4 is 10.1 Å². The van der Waals surface area contributed by atoms with Crippen molar-refractivity contribution in [2.45, 2.75) is 18.9 Å². The monoisotopic (exact) mass is 293 g/mol. The fourth-order valence-corrected chi connectivity index (χ4v) is 2.15. The van der Waals surface area contributed by atoms with Crippen LogP contribution in [0.25, 0.3) is 0 Å². The van der Waals surface area contributed by atoms with Crippen LogP contribution in [0.3, 0.4) is 0 Å². The molecule has 2 amide bonds. The van der Waals surface area contributed by atoms with Crippen LogP contribution in [-0.2, 0) is 9.59 Å². The maximum atomic E-state index is 12.0. The Bertz CT molecular complexity index is 601. The number of likely N-dealkylation sites (tertiary alicyclic amines) is 1. The van der Waals surface area contributed by atoms with Gasteiger partial charge in [0.2, 0.25) is 5.91 Å². The van der Waals surface area contributed by atoms with Gasteiger partial charge in [-0.05, 0) is 12.5 Å². The van der Waals surface area contributed by atoms with Gasteiger partial charge in [-0.3, -0.25) is 24.6 Å². The molecule has 1 aromatic carbocycles. The molecule has 2 rings (SSSR count). The first-order valence-electron chi connectivity index (χ1n) is 6.33. The molecule has 1 aliphatic heterocycles. The van der Waals surface area contributed by atoms with Crippen molar-refractivity contribution in [1.82, 2.24) is 4.90 Å². The number of nitro benzene ring substituents is 1. The summed E-state index contributed by atoms with van der Waals surface area (Å²) in [5.74, 6) is -0.211. The van der Waals surface area contributed by atoms with Crippen molar-refractivity contribution < 1.29 is 19.2 Å². The van der Waals surface area contributed by atoms with E-state index >= 15 is 0 Å². The van der Waals surface area contributed by atoms with Gasteiger partial charge in [-0.2, -0.15) is 0 Å². The van der Waals surface area contributed by atoms with Crippen LogP contribution in [0.15, 0.2) is 18.2 Å². The number of anilines is 1. The largest absolute Gasteiger partial charge is 0.497 e. The normalized spacial score (nSPS) is 18.6. The first-order valence-corrected chi connectivity index (χ1v) is 6.33. The predicted octanol–water partition coefficient (Wildman–Crippen LogP) is 1.16. The number of methoxy groups -OCH3 is 1. The summed E-state index contributed by atoms with van der Waals surface area (Å²) >= 11 is 0. The van der Waals surface area contributed by atoms with Crippen LogP contribution in [0, 0.1) is 10.1 Å². The Labute approximate surface area is 120 Å². The van der Waals surface area contributed by atoms with E-state index in [-0.39, 0.29) is 23.7 Å². The highest BCUT2D eigenvalue weighted by molar-refractivity contribution is 6.01. The van der Waals surface area contributed by atoms with E-state index in [1.54, 1.807) is 0 Å². The molecule has 0 radical (unpaired) electrons. The lowest BCUT2D eigenvalue weighted by molar-refractivity contribution is -0.384.